The summed E-state index contributed by atoms with van der Waals surface area (Å²) in [4.78, 5) is 13.6. The molecule has 1 amide bonds. The number of hydrogen-bond donors (Lipinski definition) is 1. The van der Waals surface area contributed by atoms with Gasteiger partial charge < -0.3 is 14.7 Å². The molecule has 0 spiro atoms. The van der Waals surface area contributed by atoms with E-state index < -0.39 is 23.9 Å². The van der Waals surface area contributed by atoms with Crippen LogP contribution in [0.2, 0.25) is 0 Å². The van der Waals surface area contributed by atoms with Gasteiger partial charge >= 0.3 is 12.3 Å². The van der Waals surface area contributed by atoms with Crippen LogP contribution >= 0.6 is 0 Å². The number of aliphatic hydroxyl groups is 1. The van der Waals surface area contributed by atoms with Crippen LogP contribution in [0.4, 0.5) is 22.4 Å². The van der Waals surface area contributed by atoms with Crippen molar-refractivity contribution in [3.05, 3.63) is 71.5 Å². The Morgan fingerprint density at radius 2 is 1.70 bits per heavy atom. The maximum Gasteiger partial charge on any atom is 0.416 e. The molecule has 2 aromatic rings. The van der Waals surface area contributed by atoms with Gasteiger partial charge in [0.15, 0.2) is 0 Å². The largest absolute Gasteiger partial charge is 0.446 e. The Labute approximate surface area is 173 Å². The van der Waals surface area contributed by atoms with E-state index in [9.17, 15) is 27.5 Å². The van der Waals surface area contributed by atoms with Gasteiger partial charge in [0, 0.05) is 19.4 Å². The maximum atomic E-state index is 12.6. The van der Waals surface area contributed by atoms with E-state index >= 15 is 0 Å². The van der Waals surface area contributed by atoms with Crippen LogP contribution in [0, 0.1) is 5.82 Å². The van der Waals surface area contributed by atoms with Gasteiger partial charge in [-0.1, -0.05) is 30.3 Å². The molecular formula is C22H25F4NO3. The number of benzene rings is 2. The number of aliphatic hydroxyl groups excluding tert-OH is 1. The summed E-state index contributed by atoms with van der Waals surface area (Å²) in [6.07, 6.45) is -4.78. The van der Waals surface area contributed by atoms with Crippen molar-refractivity contribution in [2.75, 3.05) is 6.54 Å². The zero-order valence-corrected chi connectivity index (χ0v) is 16.8. The van der Waals surface area contributed by atoms with Gasteiger partial charge in [0.2, 0.25) is 0 Å². The molecule has 0 saturated carbocycles. The topological polar surface area (TPSA) is 49.8 Å². The Hall–Kier alpha value is -2.61. The Kier molecular flexibility index (Phi) is 8.23. The van der Waals surface area contributed by atoms with Gasteiger partial charge in [0.05, 0.1) is 17.7 Å². The molecule has 1 N–H and O–H groups in total. The lowest BCUT2D eigenvalue weighted by Crippen LogP contribution is -2.44. The number of alkyl halides is 3. The summed E-state index contributed by atoms with van der Waals surface area (Å²) in [5.74, 6) is -0.178. The molecule has 1 heterocycles. The molecule has 3 rings (SSSR count). The second-order valence-electron chi connectivity index (χ2n) is 7.16. The first-order valence-corrected chi connectivity index (χ1v) is 9.61. The molecular weight excluding hydrogens is 402 g/mol. The van der Waals surface area contributed by atoms with Crippen molar-refractivity contribution < 1.29 is 32.2 Å². The first-order valence-electron chi connectivity index (χ1n) is 9.61. The van der Waals surface area contributed by atoms with Gasteiger partial charge in [-0.3, -0.25) is 0 Å². The fourth-order valence-corrected chi connectivity index (χ4v) is 3.09. The fraction of sp³-hybridized carbons (Fsp3) is 0.409. The minimum Gasteiger partial charge on any atom is -0.446 e. The molecule has 1 fully saturated rings. The van der Waals surface area contributed by atoms with Crippen molar-refractivity contribution in [2.24, 2.45) is 0 Å². The number of amides is 1. The first kappa shape index (κ1) is 23.7. The van der Waals surface area contributed by atoms with Gasteiger partial charge in [-0.15, -0.1) is 0 Å². The monoisotopic (exact) mass is 427 g/mol. The molecule has 3 atom stereocenters. The van der Waals surface area contributed by atoms with Crippen molar-refractivity contribution in [1.29, 1.82) is 0 Å². The van der Waals surface area contributed by atoms with Crippen LogP contribution in [0.25, 0.3) is 0 Å². The average molecular weight is 427 g/mol. The lowest BCUT2D eigenvalue weighted by Gasteiger charge is -2.36. The van der Waals surface area contributed by atoms with E-state index in [1.165, 1.54) is 29.2 Å². The average Bonchev–Trinajstić information content (AvgIpc) is 2.68. The Bertz CT molecular complexity index is 794. The molecule has 8 heteroatoms. The van der Waals surface area contributed by atoms with Crippen molar-refractivity contribution in [2.45, 2.75) is 51.1 Å². The van der Waals surface area contributed by atoms with Crippen molar-refractivity contribution in [3.8, 4) is 0 Å². The number of cyclic esters (lactones) is 1. The molecule has 164 valence electrons. The summed E-state index contributed by atoms with van der Waals surface area (Å²) in [5, 5.41) is 9.34. The van der Waals surface area contributed by atoms with Crippen LogP contribution in [-0.4, -0.2) is 34.9 Å². The van der Waals surface area contributed by atoms with Crippen molar-refractivity contribution in [3.63, 3.8) is 0 Å². The molecule has 0 bridgehead atoms. The summed E-state index contributed by atoms with van der Waals surface area (Å²) in [5.41, 5.74) is -0.101. The highest BCUT2D eigenvalue weighted by molar-refractivity contribution is 5.69. The molecule has 0 aromatic heterocycles. The zero-order valence-electron chi connectivity index (χ0n) is 16.8. The Morgan fingerprint density at radius 3 is 2.13 bits per heavy atom. The second kappa shape index (κ2) is 10.4. The molecule has 1 aliphatic heterocycles. The van der Waals surface area contributed by atoms with Gasteiger partial charge in [0.1, 0.15) is 11.9 Å². The van der Waals surface area contributed by atoms with E-state index in [0.717, 1.165) is 12.1 Å². The van der Waals surface area contributed by atoms with Crippen LogP contribution in [0.15, 0.2) is 54.6 Å². The molecule has 0 radical (unpaired) electrons. The molecule has 0 aliphatic carbocycles. The SMILES string of the molecule is CC(O)CC1CCN(C(C)c2ccc(C(F)(F)F)cc2)C(=O)O1.Fc1ccccc1. The van der Waals surface area contributed by atoms with E-state index in [1.807, 2.05) is 0 Å². The predicted molar refractivity (Wildman–Crippen MR) is 104 cm³/mol. The number of nitrogens with zero attached hydrogens (tertiary/aromatic N) is 1. The highest BCUT2D eigenvalue weighted by Crippen LogP contribution is 2.31. The third kappa shape index (κ3) is 7.02. The van der Waals surface area contributed by atoms with Crippen LogP contribution in [0.3, 0.4) is 0 Å². The molecule has 1 saturated heterocycles. The van der Waals surface area contributed by atoms with Gasteiger partial charge in [0.25, 0.3) is 0 Å². The summed E-state index contributed by atoms with van der Waals surface area (Å²) in [6.45, 7) is 3.82. The number of halogens is 4. The highest BCUT2D eigenvalue weighted by atomic mass is 19.4. The normalized spacial score (nSPS) is 18.7. The molecule has 3 unspecified atom stereocenters. The predicted octanol–water partition coefficient (Wildman–Crippen LogP) is 5.57. The minimum atomic E-state index is -4.37. The highest BCUT2D eigenvalue weighted by Gasteiger charge is 2.33. The molecule has 4 nitrogen and oxygen atoms in total. The number of ether oxygens (including phenoxy) is 1. The third-order valence-electron chi connectivity index (χ3n) is 4.72. The number of rotatable bonds is 4. The maximum absolute atomic E-state index is 12.6. The summed E-state index contributed by atoms with van der Waals surface area (Å²) < 4.78 is 54.9. The number of hydrogen-bond acceptors (Lipinski definition) is 3. The lowest BCUT2D eigenvalue weighted by atomic mass is 10.0. The first-order chi connectivity index (χ1) is 14.1. The van der Waals surface area contributed by atoms with E-state index in [4.69, 9.17) is 4.74 Å². The van der Waals surface area contributed by atoms with Crippen molar-refractivity contribution in [1.82, 2.24) is 4.90 Å². The number of carbonyl (C=O) groups is 1. The van der Waals surface area contributed by atoms with E-state index in [2.05, 4.69) is 0 Å². The standard InChI is InChI=1S/C16H20F3NO3.C6H5F/c1-10(21)9-14-7-8-20(15(22)23-14)11(2)12-3-5-13(6-4-12)16(17,18)19;7-6-4-2-1-3-5-6/h3-6,10-11,14,21H,7-9H2,1-2H3;1-5H. The quantitative estimate of drug-likeness (QED) is 0.649. The number of carbonyl (C=O) groups excluding carboxylic acids is 1. The van der Waals surface area contributed by atoms with Crippen LogP contribution in [0.1, 0.15) is 43.9 Å². The summed E-state index contributed by atoms with van der Waals surface area (Å²) >= 11 is 0. The summed E-state index contributed by atoms with van der Waals surface area (Å²) in [6, 6.07) is 12.3. The lowest BCUT2D eigenvalue weighted by molar-refractivity contribution is -0.137. The third-order valence-corrected chi connectivity index (χ3v) is 4.72. The molecule has 2 aromatic carbocycles. The van der Waals surface area contributed by atoms with E-state index in [1.54, 1.807) is 32.0 Å². The van der Waals surface area contributed by atoms with Crippen LogP contribution in [0.5, 0.6) is 0 Å². The Balaban J connectivity index is 0.000000386. The van der Waals surface area contributed by atoms with Crippen LogP contribution in [-0.2, 0) is 10.9 Å². The molecule has 30 heavy (non-hydrogen) atoms. The van der Waals surface area contributed by atoms with Gasteiger partial charge in [-0.05, 0) is 43.7 Å². The minimum absolute atomic E-state index is 0.178. The van der Waals surface area contributed by atoms with E-state index in [-0.39, 0.29) is 18.0 Å². The zero-order chi connectivity index (χ0) is 22.3. The van der Waals surface area contributed by atoms with E-state index in [0.29, 0.717) is 24.9 Å². The van der Waals surface area contributed by atoms with Crippen LogP contribution < -0.4 is 0 Å². The smallest absolute Gasteiger partial charge is 0.416 e. The van der Waals surface area contributed by atoms with Crippen molar-refractivity contribution >= 4 is 6.09 Å². The molecule has 1 aliphatic rings. The second-order valence-corrected chi connectivity index (χ2v) is 7.16. The fourth-order valence-electron chi connectivity index (χ4n) is 3.09. The van der Waals surface area contributed by atoms with Gasteiger partial charge in [-0.2, -0.15) is 13.2 Å². The summed E-state index contributed by atoms with van der Waals surface area (Å²) in [7, 11) is 0. The Morgan fingerprint density at radius 1 is 1.10 bits per heavy atom. The van der Waals surface area contributed by atoms with Gasteiger partial charge in [-0.25, -0.2) is 9.18 Å².